The zero-order chi connectivity index (χ0) is 14.9. The van der Waals surface area contributed by atoms with Crippen LogP contribution in [0.3, 0.4) is 0 Å². The lowest BCUT2D eigenvalue weighted by Crippen LogP contribution is -2.00. The number of ether oxygens (including phenoxy) is 1. The topological polar surface area (TPSA) is 26.3 Å². The summed E-state index contributed by atoms with van der Waals surface area (Å²) in [4.78, 5) is 11.7. The molecule has 0 aliphatic rings. The van der Waals surface area contributed by atoms with Crippen molar-refractivity contribution in [1.82, 2.24) is 0 Å². The molecule has 0 bridgehead atoms. The van der Waals surface area contributed by atoms with Crippen LogP contribution in [0, 0.1) is 11.8 Å². The highest BCUT2D eigenvalue weighted by atomic mass is 16.5. The first-order valence-corrected chi connectivity index (χ1v) is 6.80. The summed E-state index contributed by atoms with van der Waals surface area (Å²) >= 11 is 0. The van der Waals surface area contributed by atoms with Crippen LogP contribution in [0.15, 0.2) is 66.7 Å². The molecule has 0 aliphatic carbocycles. The number of esters is 1. The van der Waals surface area contributed by atoms with Crippen molar-refractivity contribution < 1.29 is 9.53 Å². The molecule has 21 heavy (non-hydrogen) atoms. The van der Waals surface area contributed by atoms with E-state index in [0.29, 0.717) is 12.2 Å². The summed E-state index contributed by atoms with van der Waals surface area (Å²) < 4.78 is 4.96. The summed E-state index contributed by atoms with van der Waals surface area (Å²) in [6.07, 6.45) is 1.44. The van der Waals surface area contributed by atoms with Crippen molar-refractivity contribution in [2.45, 2.75) is 6.92 Å². The summed E-state index contributed by atoms with van der Waals surface area (Å²) in [5.41, 5.74) is 2.45. The Morgan fingerprint density at radius 1 is 1.05 bits per heavy atom. The van der Waals surface area contributed by atoms with Crippen LogP contribution >= 0.6 is 0 Å². The smallest absolute Gasteiger partial charge is 0.332 e. The third kappa shape index (κ3) is 4.67. The van der Waals surface area contributed by atoms with Crippen LogP contribution in [0.25, 0.3) is 5.57 Å². The molecule has 0 saturated heterocycles. The van der Waals surface area contributed by atoms with Crippen LogP contribution in [0.4, 0.5) is 0 Å². The molecule has 2 nitrogen and oxygen atoms in total. The maximum Gasteiger partial charge on any atom is 0.332 e. The average molecular weight is 276 g/mol. The maximum absolute atomic E-state index is 11.7. The second kappa shape index (κ2) is 7.72. The maximum atomic E-state index is 11.7. The van der Waals surface area contributed by atoms with Gasteiger partial charge in [-0.05, 0) is 24.6 Å². The summed E-state index contributed by atoms with van der Waals surface area (Å²) in [5, 5.41) is 0. The monoisotopic (exact) mass is 276 g/mol. The lowest BCUT2D eigenvalue weighted by molar-refractivity contribution is -0.137. The molecule has 0 unspecified atom stereocenters. The van der Waals surface area contributed by atoms with Gasteiger partial charge in [0, 0.05) is 17.2 Å². The van der Waals surface area contributed by atoms with Gasteiger partial charge in [-0.3, -0.25) is 0 Å². The van der Waals surface area contributed by atoms with E-state index in [2.05, 4.69) is 11.8 Å². The van der Waals surface area contributed by atoms with Crippen molar-refractivity contribution in [3.63, 3.8) is 0 Å². The Morgan fingerprint density at radius 3 is 2.29 bits per heavy atom. The molecule has 0 aliphatic heterocycles. The molecule has 104 valence electrons. The predicted molar refractivity (Wildman–Crippen MR) is 84.4 cm³/mol. The normalized spacial score (nSPS) is 10.4. The minimum Gasteiger partial charge on any atom is -0.463 e. The SMILES string of the molecule is CCOC(=O)/C=C(/C#Cc1ccccc1)c1ccccc1. The number of carbonyl (C=O) groups is 1. The first-order valence-electron chi connectivity index (χ1n) is 6.80. The Bertz CT molecular complexity index is 674. The fraction of sp³-hybridized carbons (Fsp3) is 0.105. The van der Waals surface area contributed by atoms with E-state index in [1.165, 1.54) is 6.08 Å². The van der Waals surface area contributed by atoms with Crippen LogP contribution in [0.1, 0.15) is 18.1 Å². The van der Waals surface area contributed by atoms with Gasteiger partial charge in [0.15, 0.2) is 0 Å². The van der Waals surface area contributed by atoms with Crippen LogP contribution < -0.4 is 0 Å². The fourth-order valence-corrected chi connectivity index (χ4v) is 1.77. The molecule has 0 amide bonds. The molecule has 0 atom stereocenters. The average Bonchev–Trinajstić information content (AvgIpc) is 2.53. The molecule has 0 radical (unpaired) electrons. The lowest BCUT2D eigenvalue weighted by atomic mass is 10.1. The molecule has 0 N–H and O–H groups in total. The molecule has 2 heteroatoms. The Morgan fingerprint density at radius 2 is 1.67 bits per heavy atom. The van der Waals surface area contributed by atoms with Crippen molar-refractivity contribution in [2.75, 3.05) is 6.61 Å². The van der Waals surface area contributed by atoms with Gasteiger partial charge in [0.25, 0.3) is 0 Å². The minimum atomic E-state index is -0.376. The first-order chi connectivity index (χ1) is 10.3. The number of benzene rings is 2. The van der Waals surface area contributed by atoms with Crippen LogP contribution in [-0.4, -0.2) is 12.6 Å². The van der Waals surface area contributed by atoms with Gasteiger partial charge in [-0.25, -0.2) is 4.79 Å². The Kier molecular flexibility index (Phi) is 5.37. The highest BCUT2D eigenvalue weighted by molar-refractivity contribution is 5.96. The van der Waals surface area contributed by atoms with Crippen molar-refractivity contribution in [3.05, 3.63) is 77.9 Å². The van der Waals surface area contributed by atoms with Gasteiger partial charge in [0.1, 0.15) is 0 Å². The zero-order valence-corrected chi connectivity index (χ0v) is 11.9. The number of rotatable bonds is 3. The third-order valence-corrected chi connectivity index (χ3v) is 2.75. The highest BCUT2D eigenvalue weighted by Gasteiger charge is 2.02. The number of carbonyl (C=O) groups excluding carboxylic acids is 1. The van der Waals surface area contributed by atoms with Crippen LogP contribution in [0.2, 0.25) is 0 Å². The molecule has 0 saturated carbocycles. The van der Waals surface area contributed by atoms with E-state index in [9.17, 15) is 4.79 Å². The molecule has 2 rings (SSSR count). The van der Waals surface area contributed by atoms with Crippen LogP contribution in [-0.2, 0) is 9.53 Å². The zero-order valence-electron chi connectivity index (χ0n) is 11.9. The summed E-state index contributed by atoms with van der Waals surface area (Å²) in [6.45, 7) is 2.13. The van der Waals surface area contributed by atoms with Gasteiger partial charge in [-0.15, -0.1) is 0 Å². The van der Waals surface area contributed by atoms with E-state index < -0.39 is 0 Å². The largest absolute Gasteiger partial charge is 0.463 e. The molecule has 2 aromatic carbocycles. The van der Waals surface area contributed by atoms with Crippen molar-refractivity contribution in [2.24, 2.45) is 0 Å². The summed E-state index contributed by atoms with van der Waals surface area (Å²) in [6, 6.07) is 19.3. The molecule has 0 aromatic heterocycles. The fourth-order valence-electron chi connectivity index (χ4n) is 1.77. The van der Waals surface area contributed by atoms with E-state index in [4.69, 9.17) is 4.74 Å². The van der Waals surface area contributed by atoms with E-state index in [1.807, 2.05) is 60.7 Å². The van der Waals surface area contributed by atoms with Crippen molar-refractivity contribution in [1.29, 1.82) is 0 Å². The van der Waals surface area contributed by atoms with Gasteiger partial charge in [-0.1, -0.05) is 60.4 Å². The molecule has 0 spiro atoms. The van der Waals surface area contributed by atoms with E-state index >= 15 is 0 Å². The highest BCUT2D eigenvalue weighted by Crippen LogP contribution is 2.13. The lowest BCUT2D eigenvalue weighted by Gasteiger charge is -2.01. The number of hydrogen-bond acceptors (Lipinski definition) is 2. The molecular formula is C19H16O2. The van der Waals surface area contributed by atoms with E-state index in [-0.39, 0.29) is 5.97 Å². The summed E-state index contributed by atoms with van der Waals surface area (Å²) in [7, 11) is 0. The van der Waals surface area contributed by atoms with Gasteiger partial charge >= 0.3 is 5.97 Å². The van der Waals surface area contributed by atoms with Gasteiger partial charge in [0.2, 0.25) is 0 Å². The van der Waals surface area contributed by atoms with Gasteiger partial charge in [-0.2, -0.15) is 0 Å². The Labute approximate surface area is 125 Å². The van der Waals surface area contributed by atoms with Crippen molar-refractivity contribution >= 4 is 11.5 Å². The van der Waals surface area contributed by atoms with Gasteiger partial charge in [0.05, 0.1) is 6.61 Å². The van der Waals surface area contributed by atoms with E-state index in [0.717, 1.165) is 11.1 Å². The van der Waals surface area contributed by atoms with Crippen LogP contribution in [0.5, 0.6) is 0 Å². The predicted octanol–water partition coefficient (Wildman–Crippen LogP) is 3.68. The van der Waals surface area contributed by atoms with E-state index in [1.54, 1.807) is 6.92 Å². The standard InChI is InChI=1S/C19H16O2/c1-2-21-19(20)15-18(17-11-7-4-8-12-17)14-13-16-9-5-3-6-10-16/h3-12,15H,2H2,1H3/b18-15-. The number of hydrogen-bond donors (Lipinski definition) is 0. The third-order valence-electron chi connectivity index (χ3n) is 2.75. The molecule has 0 fully saturated rings. The van der Waals surface area contributed by atoms with Gasteiger partial charge < -0.3 is 4.74 Å². The number of allylic oxidation sites excluding steroid dienone is 1. The molecule has 0 heterocycles. The Hall–Kier alpha value is -2.79. The second-order valence-corrected chi connectivity index (χ2v) is 4.29. The molecular weight excluding hydrogens is 260 g/mol. The summed E-state index contributed by atoms with van der Waals surface area (Å²) in [5.74, 6) is 5.74. The molecule has 2 aromatic rings. The first kappa shape index (κ1) is 14.6. The van der Waals surface area contributed by atoms with Crippen molar-refractivity contribution in [3.8, 4) is 11.8 Å². The quantitative estimate of drug-likeness (QED) is 0.485. The Balaban J connectivity index is 2.34. The second-order valence-electron chi connectivity index (χ2n) is 4.29. The minimum absolute atomic E-state index is 0.351.